The van der Waals surface area contributed by atoms with E-state index in [4.69, 9.17) is 11.6 Å². The fourth-order valence-corrected chi connectivity index (χ4v) is 6.95. The van der Waals surface area contributed by atoms with Crippen molar-refractivity contribution in [2.45, 2.75) is 27.9 Å². The number of hydrogen-bond donors (Lipinski definition) is 2. The molecule has 0 saturated carbocycles. The van der Waals surface area contributed by atoms with E-state index < -0.39 is 18.0 Å². The third kappa shape index (κ3) is 10.2. The maximum atomic E-state index is 12.4. The summed E-state index contributed by atoms with van der Waals surface area (Å²) in [6.45, 7) is 0. The van der Waals surface area contributed by atoms with Crippen LogP contribution in [0.1, 0.15) is 11.1 Å². The zero-order valence-corrected chi connectivity index (χ0v) is 24.1. The second kappa shape index (κ2) is 14.1. The zero-order chi connectivity index (χ0) is 28.5. The number of nitrogens with zero attached hydrogens (tertiary/aromatic N) is 4. The van der Waals surface area contributed by atoms with Gasteiger partial charge in [-0.3, -0.25) is 9.59 Å². The van der Waals surface area contributed by atoms with Crippen molar-refractivity contribution >= 4 is 79.9 Å². The molecule has 0 fully saturated rings. The number of anilines is 2. The number of hydrogen-bond acceptors (Lipinski definition) is 11. The van der Waals surface area contributed by atoms with Crippen molar-refractivity contribution in [2.75, 3.05) is 22.1 Å². The van der Waals surface area contributed by atoms with Crippen molar-refractivity contribution in [3.8, 4) is 5.75 Å². The highest BCUT2D eigenvalue weighted by Crippen LogP contribution is 2.30. The van der Waals surface area contributed by atoms with Gasteiger partial charge in [0.15, 0.2) is 8.68 Å². The molecule has 0 spiro atoms. The smallest absolute Gasteiger partial charge is 0.406 e. The van der Waals surface area contributed by atoms with Gasteiger partial charge in [-0.25, -0.2) is 0 Å². The fraction of sp³-hybridized carbons (Fsp3) is 0.217. The van der Waals surface area contributed by atoms with Gasteiger partial charge in [-0.15, -0.1) is 33.6 Å². The first-order valence-electron chi connectivity index (χ1n) is 11.2. The molecule has 0 aliphatic heterocycles. The highest BCUT2D eigenvalue weighted by molar-refractivity contribution is 8.04. The SMILES string of the molecule is O=C(Cc1cccc(Cl)c1)Nc1nnc(SCCSc2nnc(NC(=O)Cc3cccc(OC(F)(F)F)c3)s2)s1. The standard InChI is InChI=1S/C23H18ClF3N6O3S4/c24-15-5-1-3-13(9-15)11-17(34)28-19-30-32-21(39-19)37-7-8-38-22-33-31-20(40-22)29-18(35)12-14-4-2-6-16(10-14)36-23(25,26)27/h1-6,9-10H,7-8,11-12H2,(H,28,30,34)(H,29,31,35). The van der Waals surface area contributed by atoms with E-state index in [0.29, 0.717) is 35.9 Å². The van der Waals surface area contributed by atoms with E-state index in [0.717, 1.165) is 17.7 Å². The van der Waals surface area contributed by atoms with Crippen LogP contribution in [-0.2, 0) is 22.4 Å². The summed E-state index contributed by atoms with van der Waals surface area (Å²) in [6, 6.07) is 12.3. The molecule has 40 heavy (non-hydrogen) atoms. The Hall–Kier alpha value is -2.92. The molecule has 0 atom stereocenters. The maximum absolute atomic E-state index is 12.4. The quantitative estimate of drug-likeness (QED) is 0.106. The summed E-state index contributed by atoms with van der Waals surface area (Å²) in [5.41, 5.74) is 1.15. The van der Waals surface area contributed by atoms with Crippen molar-refractivity contribution in [1.29, 1.82) is 0 Å². The molecule has 2 aromatic carbocycles. The third-order valence-corrected chi connectivity index (χ3v) is 9.03. The van der Waals surface area contributed by atoms with E-state index in [9.17, 15) is 22.8 Å². The molecule has 4 rings (SSSR count). The van der Waals surface area contributed by atoms with Crippen molar-refractivity contribution in [3.63, 3.8) is 0 Å². The number of benzene rings is 2. The van der Waals surface area contributed by atoms with Crippen molar-refractivity contribution < 1.29 is 27.5 Å². The van der Waals surface area contributed by atoms with Crippen LogP contribution in [0.15, 0.2) is 57.2 Å². The van der Waals surface area contributed by atoms with Crippen LogP contribution in [0.4, 0.5) is 23.4 Å². The van der Waals surface area contributed by atoms with Crippen molar-refractivity contribution in [1.82, 2.24) is 20.4 Å². The summed E-state index contributed by atoms with van der Waals surface area (Å²) in [6.07, 6.45) is -4.79. The molecular weight excluding hydrogens is 629 g/mol. The molecule has 17 heteroatoms. The lowest BCUT2D eigenvalue weighted by Gasteiger charge is -2.09. The number of rotatable bonds is 12. The van der Waals surface area contributed by atoms with Gasteiger partial charge in [0.2, 0.25) is 22.1 Å². The van der Waals surface area contributed by atoms with E-state index in [2.05, 4.69) is 35.8 Å². The Kier molecular flexibility index (Phi) is 10.6. The Morgan fingerprint density at radius 2 is 1.35 bits per heavy atom. The Morgan fingerprint density at radius 3 is 1.88 bits per heavy atom. The number of nitrogens with one attached hydrogen (secondary N) is 2. The molecule has 2 aromatic heterocycles. The third-order valence-electron chi connectivity index (χ3n) is 4.59. The normalized spacial score (nSPS) is 11.3. The molecule has 2 N–H and O–H groups in total. The average molecular weight is 647 g/mol. The van der Waals surface area contributed by atoms with Crippen LogP contribution in [0.25, 0.3) is 0 Å². The molecule has 2 heterocycles. The highest BCUT2D eigenvalue weighted by atomic mass is 35.5. The highest BCUT2D eigenvalue weighted by Gasteiger charge is 2.31. The number of aromatic nitrogens is 4. The van der Waals surface area contributed by atoms with Gasteiger partial charge in [0.25, 0.3) is 0 Å². The Bertz CT molecular complexity index is 1470. The van der Waals surface area contributed by atoms with Crippen LogP contribution in [-0.4, -0.2) is 50.1 Å². The van der Waals surface area contributed by atoms with Crippen LogP contribution < -0.4 is 15.4 Å². The predicted molar refractivity (Wildman–Crippen MR) is 151 cm³/mol. The molecule has 0 radical (unpaired) electrons. The van der Waals surface area contributed by atoms with Crippen LogP contribution in [0.2, 0.25) is 5.02 Å². The molecule has 0 unspecified atom stereocenters. The van der Waals surface area contributed by atoms with Gasteiger partial charge in [-0.05, 0) is 35.4 Å². The van der Waals surface area contributed by atoms with Crippen LogP contribution in [0.3, 0.4) is 0 Å². The fourth-order valence-electron chi connectivity index (χ4n) is 3.09. The molecule has 0 aliphatic rings. The lowest BCUT2D eigenvalue weighted by atomic mass is 10.1. The van der Waals surface area contributed by atoms with Gasteiger partial charge in [-0.2, -0.15) is 0 Å². The maximum Gasteiger partial charge on any atom is 0.573 e. The first-order valence-corrected chi connectivity index (χ1v) is 15.2. The Morgan fingerprint density at radius 1 is 0.825 bits per heavy atom. The van der Waals surface area contributed by atoms with Crippen molar-refractivity contribution in [2.24, 2.45) is 0 Å². The molecule has 210 valence electrons. The molecule has 0 saturated heterocycles. The summed E-state index contributed by atoms with van der Waals surface area (Å²) in [5, 5.41) is 22.6. The van der Waals surface area contributed by atoms with E-state index in [-0.39, 0.29) is 23.9 Å². The summed E-state index contributed by atoms with van der Waals surface area (Å²) in [5.74, 6) is 0.309. The van der Waals surface area contributed by atoms with Gasteiger partial charge in [-0.1, -0.05) is 82.1 Å². The monoisotopic (exact) mass is 646 g/mol. The number of ether oxygens (including phenoxy) is 1. The predicted octanol–water partition coefficient (Wildman–Crippen LogP) is 6.19. The lowest BCUT2D eigenvalue weighted by molar-refractivity contribution is -0.274. The number of alkyl halides is 3. The zero-order valence-electron chi connectivity index (χ0n) is 20.1. The summed E-state index contributed by atoms with van der Waals surface area (Å²) >= 11 is 11.3. The van der Waals surface area contributed by atoms with E-state index in [1.54, 1.807) is 18.2 Å². The van der Waals surface area contributed by atoms with E-state index in [1.165, 1.54) is 58.3 Å². The first-order chi connectivity index (χ1) is 19.1. The second-order valence-electron chi connectivity index (χ2n) is 7.72. The number of carbonyl (C=O) groups excluding carboxylic acids is 2. The number of halogens is 4. The van der Waals surface area contributed by atoms with Gasteiger partial charge in [0.1, 0.15) is 5.75 Å². The van der Waals surface area contributed by atoms with Crippen LogP contribution >= 0.6 is 57.8 Å². The molecule has 0 aliphatic carbocycles. The van der Waals surface area contributed by atoms with Crippen LogP contribution in [0.5, 0.6) is 5.75 Å². The van der Waals surface area contributed by atoms with E-state index in [1.807, 2.05) is 6.07 Å². The molecular formula is C23H18ClF3N6O3S4. The topological polar surface area (TPSA) is 119 Å². The minimum Gasteiger partial charge on any atom is -0.406 e. The van der Waals surface area contributed by atoms with Gasteiger partial charge < -0.3 is 15.4 Å². The van der Waals surface area contributed by atoms with Crippen molar-refractivity contribution in [3.05, 3.63) is 64.7 Å². The Labute approximate surface area is 247 Å². The molecule has 2 amide bonds. The first kappa shape index (κ1) is 30.0. The number of amides is 2. The lowest BCUT2D eigenvalue weighted by Crippen LogP contribution is -2.17. The second-order valence-corrected chi connectivity index (χ2v) is 12.8. The number of carbonyl (C=O) groups is 2. The summed E-state index contributed by atoms with van der Waals surface area (Å²) in [7, 11) is 0. The summed E-state index contributed by atoms with van der Waals surface area (Å²) < 4.78 is 42.4. The molecule has 0 bridgehead atoms. The minimum atomic E-state index is -4.81. The number of thioether (sulfide) groups is 2. The van der Waals surface area contributed by atoms with Gasteiger partial charge >= 0.3 is 6.36 Å². The van der Waals surface area contributed by atoms with Gasteiger partial charge in [0.05, 0.1) is 12.8 Å². The largest absolute Gasteiger partial charge is 0.573 e. The van der Waals surface area contributed by atoms with Crippen LogP contribution in [0, 0.1) is 0 Å². The molecule has 9 nitrogen and oxygen atoms in total. The Balaban J connectivity index is 1.16. The molecule has 4 aromatic rings. The van der Waals surface area contributed by atoms with Gasteiger partial charge in [0, 0.05) is 16.5 Å². The average Bonchev–Trinajstić information content (AvgIpc) is 3.50. The minimum absolute atomic E-state index is 0.154. The summed E-state index contributed by atoms with van der Waals surface area (Å²) in [4.78, 5) is 24.5. The van der Waals surface area contributed by atoms with E-state index >= 15 is 0 Å².